The highest BCUT2D eigenvalue weighted by Crippen LogP contribution is 2.27. The lowest BCUT2D eigenvalue weighted by atomic mass is 10.1. The van der Waals surface area contributed by atoms with Gasteiger partial charge in [0.25, 0.3) is 5.91 Å². The molecular formula is C13H18N2O2S. The molecule has 98 valence electrons. The van der Waals surface area contributed by atoms with E-state index in [4.69, 9.17) is 10.5 Å². The lowest BCUT2D eigenvalue weighted by Crippen LogP contribution is -2.44. The fraction of sp³-hybridized carbons (Fsp3) is 0.462. The summed E-state index contributed by atoms with van der Waals surface area (Å²) in [6.45, 7) is 2.85. The van der Waals surface area contributed by atoms with Gasteiger partial charge in [0.1, 0.15) is 5.75 Å². The monoisotopic (exact) mass is 266 g/mol. The average Bonchev–Trinajstić information content (AvgIpc) is 2.39. The van der Waals surface area contributed by atoms with Crippen molar-refractivity contribution in [3.8, 4) is 5.75 Å². The summed E-state index contributed by atoms with van der Waals surface area (Å²) in [4.78, 5) is 14.4. The summed E-state index contributed by atoms with van der Waals surface area (Å²) in [5.74, 6) is 2.52. The first kappa shape index (κ1) is 13.1. The average molecular weight is 266 g/mol. The fourth-order valence-electron chi connectivity index (χ4n) is 2.09. The summed E-state index contributed by atoms with van der Waals surface area (Å²) in [7, 11) is 1.56. The van der Waals surface area contributed by atoms with Gasteiger partial charge in [-0.2, -0.15) is 11.8 Å². The van der Waals surface area contributed by atoms with Crippen molar-refractivity contribution in [2.75, 3.05) is 30.9 Å². The van der Waals surface area contributed by atoms with E-state index < -0.39 is 0 Å². The third-order valence-electron chi connectivity index (χ3n) is 3.14. The molecule has 1 atom stereocenters. The summed E-state index contributed by atoms with van der Waals surface area (Å²) >= 11 is 1.88. The van der Waals surface area contributed by atoms with Crippen LogP contribution in [-0.4, -0.2) is 42.0 Å². The number of ether oxygens (including phenoxy) is 1. The first-order valence-electron chi connectivity index (χ1n) is 5.96. The van der Waals surface area contributed by atoms with Crippen LogP contribution < -0.4 is 10.5 Å². The molecule has 0 aliphatic carbocycles. The van der Waals surface area contributed by atoms with E-state index in [-0.39, 0.29) is 11.9 Å². The molecule has 1 aromatic carbocycles. The highest BCUT2D eigenvalue weighted by Gasteiger charge is 2.26. The second-order valence-electron chi connectivity index (χ2n) is 4.34. The van der Waals surface area contributed by atoms with E-state index in [1.165, 1.54) is 0 Å². The molecule has 1 saturated heterocycles. The second kappa shape index (κ2) is 5.52. The SMILES string of the molecule is COc1cccc(C(=O)N2CCSCC2C)c1N. The Morgan fingerprint density at radius 2 is 2.33 bits per heavy atom. The number of anilines is 1. The van der Waals surface area contributed by atoms with Crippen molar-refractivity contribution in [2.45, 2.75) is 13.0 Å². The maximum atomic E-state index is 12.5. The van der Waals surface area contributed by atoms with Crippen molar-refractivity contribution in [2.24, 2.45) is 0 Å². The van der Waals surface area contributed by atoms with Crippen LogP contribution in [0.15, 0.2) is 18.2 Å². The highest BCUT2D eigenvalue weighted by atomic mass is 32.2. The summed E-state index contributed by atoms with van der Waals surface area (Å²) in [6.07, 6.45) is 0. The molecule has 1 fully saturated rings. The molecule has 1 aliphatic heterocycles. The van der Waals surface area contributed by atoms with Crippen molar-refractivity contribution in [1.82, 2.24) is 4.90 Å². The van der Waals surface area contributed by atoms with E-state index in [9.17, 15) is 4.79 Å². The highest BCUT2D eigenvalue weighted by molar-refractivity contribution is 7.99. The predicted molar refractivity (Wildman–Crippen MR) is 75.2 cm³/mol. The van der Waals surface area contributed by atoms with Gasteiger partial charge in [-0.3, -0.25) is 4.79 Å². The van der Waals surface area contributed by atoms with E-state index in [2.05, 4.69) is 6.92 Å². The van der Waals surface area contributed by atoms with Gasteiger partial charge in [0.05, 0.1) is 18.4 Å². The number of hydrogen-bond acceptors (Lipinski definition) is 4. The number of methoxy groups -OCH3 is 1. The standard InChI is InChI=1S/C13H18N2O2S/c1-9-8-18-7-6-15(9)13(16)10-4-3-5-11(17-2)12(10)14/h3-5,9H,6-8,14H2,1-2H3. The van der Waals surface area contributed by atoms with E-state index >= 15 is 0 Å². The molecule has 2 rings (SSSR count). The van der Waals surface area contributed by atoms with E-state index in [0.717, 1.165) is 18.1 Å². The Morgan fingerprint density at radius 1 is 1.56 bits per heavy atom. The normalized spacial score (nSPS) is 19.7. The van der Waals surface area contributed by atoms with Crippen molar-refractivity contribution < 1.29 is 9.53 Å². The summed E-state index contributed by atoms with van der Waals surface area (Å²) in [5.41, 5.74) is 6.93. The Bertz CT molecular complexity index is 451. The van der Waals surface area contributed by atoms with Gasteiger partial charge < -0.3 is 15.4 Å². The van der Waals surface area contributed by atoms with Gasteiger partial charge in [0, 0.05) is 24.1 Å². The summed E-state index contributed by atoms with van der Waals surface area (Å²) < 4.78 is 5.15. The number of para-hydroxylation sites is 1. The Labute approximate surface area is 111 Å². The molecule has 18 heavy (non-hydrogen) atoms. The Balaban J connectivity index is 2.28. The number of nitrogens with zero attached hydrogens (tertiary/aromatic N) is 1. The molecule has 5 heteroatoms. The number of carbonyl (C=O) groups excluding carboxylic acids is 1. The minimum Gasteiger partial charge on any atom is -0.495 e. The smallest absolute Gasteiger partial charge is 0.256 e. The first-order valence-corrected chi connectivity index (χ1v) is 7.11. The van der Waals surface area contributed by atoms with Crippen molar-refractivity contribution >= 4 is 23.4 Å². The molecule has 0 saturated carbocycles. The molecule has 0 bridgehead atoms. The van der Waals surface area contributed by atoms with Crippen molar-refractivity contribution in [1.29, 1.82) is 0 Å². The number of benzene rings is 1. The second-order valence-corrected chi connectivity index (χ2v) is 5.49. The quantitative estimate of drug-likeness (QED) is 0.830. The van der Waals surface area contributed by atoms with Gasteiger partial charge in [-0.1, -0.05) is 6.07 Å². The maximum Gasteiger partial charge on any atom is 0.256 e. The minimum absolute atomic E-state index is 0.000741. The van der Waals surface area contributed by atoms with Crippen LogP contribution in [0.1, 0.15) is 17.3 Å². The van der Waals surface area contributed by atoms with E-state index in [1.807, 2.05) is 16.7 Å². The number of hydrogen-bond donors (Lipinski definition) is 1. The molecule has 1 unspecified atom stereocenters. The van der Waals surface area contributed by atoms with Gasteiger partial charge in [-0.15, -0.1) is 0 Å². The molecule has 0 radical (unpaired) electrons. The fourth-order valence-corrected chi connectivity index (χ4v) is 3.11. The Morgan fingerprint density at radius 3 is 3.00 bits per heavy atom. The Hall–Kier alpha value is -1.36. The zero-order valence-electron chi connectivity index (χ0n) is 10.7. The lowest BCUT2D eigenvalue weighted by Gasteiger charge is -2.33. The third-order valence-corrected chi connectivity index (χ3v) is 4.33. The van der Waals surface area contributed by atoms with Crippen LogP contribution in [0.25, 0.3) is 0 Å². The van der Waals surface area contributed by atoms with Crippen molar-refractivity contribution in [3.05, 3.63) is 23.8 Å². The summed E-state index contributed by atoms with van der Waals surface area (Å²) in [5, 5.41) is 0. The van der Waals surface area contributed by atoms with Crippen LogP contribution in [0.4, 0.5) is 5.69 Å². The molecule has 2 N–H and O–H groups in total. The van der Waals surface area contributed by atoms with Crippen LogP contribution in [0.3, 0.4) is 0 Å². The Kier molecular flexibility index (Phi) is 4.01. The molecule has 1 amide bonds. The molecule has 0 spiro atoms. The number of thioether (sulfide) groups is 1. The third kappa shape index (κ3) is 2.41. The number of nitrogens with two attached hydrogens (primary N) is 1. The van der Waals surface area contributed by atoms with E-state index in [0.29, 0.717) is 17.0 Å². The van der Waals surface area contributed by atoms with E-state index in [1.54, 1.807) is 25.3 Å². The minimum atomic E-state index is -0.000741. The van der Waals surface area contributed by atoms with Crippen LogP contribution in [-0.2, 0) is 0 Å². The molecule has 4 nitrogen and oxygen atoms in total. The molecule has 0 aromatic heterocycles. The molecule has 1 aliphatic rings. The first-order chi connectivity index (χ1) is 8.65. The largest absolute Gasteiger partial charge is 0.495 e. The van der Waals surface area contributed by atoms with Crippen LogP contribution >= 0.6 is 11.8 Å². The lowest BCUT2D eigenvalue weighted by molar-refractivity contribution is 0.0717. The van der Waals surface area contributed by atoms with Gasteiger partial charge in [-0.25, -0.2) is 0 Å². The predicted octanol–water partition coefficient (Wildman–Crippen LogP) is 1.85. The molecule has 1 aromatic rings. The zero-order valence-corrected chi connectivity index (χ0v) is 11.5. The van der Waals surface area contributed by atoms with Crippen molar-refractivity contribution in [3.63, 3.8) is 0 Å². The molecular weight excluding hydrogens is 248 g/mol. The number of carbonyl (C=O) groups is 1. The van der Waals surface area contributed by atoms with Gasteiger partial charge >= 0.3 is 0 Å². The number of amides is 1. The maximum absolute atomic E-state index is 12.5. The molecule has 1 heterocycles. The van der Waals surface area contributed by atoms with Gasteiger partial charge in [0.2, 0.25) is 0 Å². The summed E-state index contributed by atoms with van der Waals surface area (Å²) in [6, 6.07) is 5.57. The van der Waals surface area contributed by atoms with Gasteiger partial charge in [-0.05, 0) is 19.1 Å². The van der Waals surface area contributed by atoms with Gasteiger partial charge in [0.15, 0.2) is 0 Å². The zero-order chi connectivity index (χ0) is 13.1. The number of rotatable bonds is 2. The van der Waals surface area contributed by atoms with Crippen LogP contribution in [0.2, 0.25) is 0 Å². The number of nitrogen functional groups attached to an aromatic ring is 1. The van der Waals surface area contributed by atoms with Crippen LogP contribution in [0, 0.1) is 0 Å². The topological polar surface area (TPSA) is 55.6 Å². The van der Waals surface area contributed by atoms with Crippen LogP contribution in [0.5, 0.6) is 5.75 Å².